The number of ether oxygens (including phenoxy) is 1. The first-order valence-electron chi connectivity index (χ1n) is 1.51. The van der Waals surface area contributed by atoms with E-state index >= 15 is 0 Å². The van der Waals surface area contributed by atoms with Gasteiger partial charge < -0.3 is 9.84 Å². The Labute approximate surface area is 48.5 Å². The molecule has 0 aliphatic rings. The van der Waals surface area contributed by atoms with Crippen molar-refractivity contribution in [3.8, 4) is 0 Å². The minimum atomic E-state index is 0. The predicted octanol–water partition coefficient (Wildman–Crippen LogP) is -1.83. The Morgan fingerprint density at radius 2 is 2.17 bits per heavy atom. The Kier molecular flexibility index (Phi) is 14.6. The zero-order chi connectivity index (χ0) is 4.12. The van der Waals surface area contributed by atoms with Crippen LogP contribution in [0.1, 0.15) is 0 Å². The van der Waals surface area contributed by atoms with Crippen molar-refractivity contribution in [3.63, 3.8) is 0 Å². The topological polar surface area (TPSA) is 29.5 Å². The molecule has 2 nitrogen and oxygen atoms in total. The van der Waals surface area contributed by atoms with Gasteiger partial charge in [-0.05, 0) is 0 Å². The van der Waals surface area contributed by atoms with Crippen molar-refractivity contribution < 1.29 is 9.84 Å². The third kappa shape index (κ3) is 8.82. The summed E-state index contributed by atoms with van der Waals surface area (Å²) < 4.78 is 4.44. The molecule has 0 heterocycles. The molecular formula is C3H12GeO2. The second-order valence-electron chi connectivity index (χ2n) is 0.716. The number of methoxy groups -OCH3 is 1. The first-order chi connectivity index (χ1) is 2.41. The van der Waals surface area contributed by atoms with E-state index in [1.54, 1.807) is 7.11 Å². The van der Waals surface area contributed by atoms with Gasteiger partial charge in [0, 0.05) is 7.11 Å². The van der Waals surface area contributed by atoms with Crippen LogP contribution in [0.25, 0.3) is 0 Å². The van der Waals surface area contributed by atoms with Gasteiger partial charge in [0.1, 0.15) is 0 Å². The van der Waals surface area contributed by atoms with Gasteiger partial charge in [-0.15, -0.1) is 0 Å². The number of rotatable bonds is 2. The molecule has 1 N–H and O–H groups in total. The minimum absolute atomic E-state index is 0. The van der Waals surface area contributed by atoms with E-state index in [4.69, 9.17) is 5.11 Å². The normalized spacial score (nSPS) is 7.00. The summed E-state index contributed by atoms with van der Waals surface area (Å²) in [5, 5.41) is 7.94. The molecule has 6 heavy (non-hydrogen) atoms. The number of aliphatic hydroxyl groups is 1. The zero-order valence-corrected chi connectivity index (χ0v) is 3.27. The van der Waals surface area contributed by atoms with Crippen LogP contribution in [-0.4, -0.2) is 43.0 Å². The van der Waals surface area contributed by atoms with Crippen molar-refractivity contribution in [2.45, 2.75) is 0 Å². The maximum atomic E-state index is 7.94. The molecule has 0 amide bonds. The van der Waals surface area contributed by atoms with Crippen molar-refractivity contribution >= 4 is 17.6 Å². The fraction of sp³-hybridized carbons (Fsp3) is 1.00. The van der Waals surface area contributed by atoms with Crippen LogP contribution in [0.2, 0.25) is 0 Å². The molecule has 0 spiro atoms. The average molecular weight is 153 g/mol. The van der Waals surface area contributed by atoms with Crippen molar-refractivity contribution in [1.82, 2.24) is 0 Å². The second-order valence-corrected chi connectivity index (χ2v) is 0.716. The fourth-order valence-electron chi connectivity index (χ4n) is 0.0913. The third-order valence-corrected chi connectivity index (χ3v) is 0.295. The van der Waals surface area contributed by atoms with Crippen LogP contribution in [0.5, 0.6) is 0 Å². The zero-order valence-electron chi connectivity index (χ0n) is 3.27. The molecule has 0 aliphatic carbocycles. The molecule has 0 aliphatic heterocycles. The van der Waals surface area contributed by atoms with Crippen molar-refractivity contribution in [2.75, 3.05) is 20.3 Å². The predicted molar refractivity (Wildman–Crippen MR) is 30.3 cm³/mol. The van der Waals surface area contributed by atoms with Gasteiger partial charge in [-0.1, -0.05) is 0 Å². The van der Waals surface area contributed by atoms with Crippen LogP contribution in [-0.2, 0) is 4.74 Å². The fourth-order valence-corrected chi connectivity index (χ4v) is 0.0913. The van der Waals surface area contributed by atoms with E-state index in [0.717, 1.165) is 0 Å². The van der Waals surface area contributed by atoms with Crippen LogP contribution >= 0.6 is 0 Å². The van der Waals surface area contributed by atoms with Gasteiger partial charge in [0.15, 0.2) is 0 Å². The molecule has 0 radical (unpaired) electrons. The quantitative estimate of drug-likeness (QED) is 0.472. The summed E-state index contributed by atoms with van der Waals surface area (Å²) in [5.41, 5.74) is 0. The molecule has 0 bridgehead atoms. The number of hydrogen-bond acceptors (Lipinski definition) is 2. The van der Waals surface area contributed by atoms with Crippen molar-refractivity contribution in [1.29, 1.82) is 0 Å². The van der Waals surface area contributed by atoms with E-state index < -0.39 is 0 Å². The second kappa shape index (κ2) is 9.07. The Morgan fingerprint density at radius 3 is 2.17 bits per heavy atom. The van der Waals surface area contributed by atoms with Gasteiger partial charge in [0.25, 0.3) is 0 Å². The molecule has 0 aromatic carbocycles. The molecule has 0 saturated carbocycles. The Bertz CT molecular complexity index is 16.3. The maximum absolute atomic E-state index is 7.94. The third-order valence-electron chi connectivity index (χ3n) is 0.295. The van der Waals surface area contributed by atoms with E-state index in [2.05, 4.69) is 4.74 Å². The SMILES string of the molecule is COCCO.[GeH4]. The molecule has 0 rings (SSSR count). The Hall–Kier alpha value is 0.463. The molecule has 0 aromatic rings. The first kappa shape index (κ1) is 9.68. The molecular weight excluding hydrogens is 141 g/mol. The van der Waals surface area contributed by atoms with Gasteiger partial charge in [0.2, 0.25) is 0 Å². The van der Waals surface area contributed by atoms with Crippen LogP contribution in [0.3, 0.4) is 0 Å². The van der Waals surface area contributed by atoms with Crippen LogP contribution in [0, 0.1) is 0 Å². The molecule has 0 aromatic heterocycles. The van der Waals surface area contributed by atoms with E-state index in [1.807, 2.05) is 0 Å². The summed E-state index contributed by atoms with van der Waals surface area (Å²) in [6, 6.07) is 0. The van der Waals surface area contributed by atoms with Crippen LogP contribution < -0.4 is 0 Å². The summed E-state index contributed by atoms with van der Waals surface area (Å²) >= 11 is 0. The monoisotopic (exact) mass is 154 g/mol. The van der Waals surface area contributed by atoms with Gasteiger partial charge in [-0.2, -0.15) is 0 Å². The molecule has 40 valence electrons. The van der Waals surface area contributed by atoms with E-state index in [9.17, 15) is 0 Å². The average Bonchev–Trinajstić information content (AvgIpc) is 1.41. The van der Waals surface area contributed by atoms with Crippen LogP contribution in [0.15, 0.2) is 0 Å². The van der Waals surface area contributed by atoms with Crippen LogP contribution in [0.4, 0.5) is 0 Å². The van der Waals surface area contributed by atoms with E-state index in [-0.39, 0.29) is 24.2 Å². The van der Waals surface area contributed by atoms with Gasteiger partial charge in [-0.25, -0.2) is 0 Å². The summed E-state index contributed by atoms with van der Waals surface area (Å²) in [6.45, 7) is 0.566. The van der Waals surface area contributed by atoms with E-state index in [1.165, 1.54) is 0 Å². The molecule has 3 heteroatoms. The van der Waals surface area contributed by atoms with Gasteiger partial charge >= 0.3 is 17.6 Å². The van der Waals surface area contributed by atoms with Gasteiger partial charge in [-0.3, -0.25) is 0 Å². The van der Waals surface area contributed by atoms with E-state index in [0.29, 0.717) is 6.61 Å². The summed E-state index contributed by atoms with van der Waals surface area (Å²) in [4.78, 5) is 0. The Balaban J connectivity index is 0. The standard InChI is InChI=1S/C3H8O2.GeH4/c1-5-3-2-4;/h4H,2-3H2,1H3;1H4. The molecule has 0 saturated heterocycles. The van der Waals surface area contributed by atoms with Crippen molar-refractivity contribution in [2.24, 2.45) is 0 Å². The summed E-state index contributed by atoms with van der Waals surface area (Å²) in [7, 11) is 1.55. The number of hydrogen-bond donors (Lipinski definition) is 1. The van der Waals surface area contributed by atoms with Crippen molar-refractivity contribution in [3.05, 3.63) is 0 Å². The Morgan fingerprint density at radius 1 is 1.67 bits per heavy atom. The molecule has 0 unspecified atom stereocenters. The number of aliphatic hydroxyl groups excluding tert-OH is 1. The summed E-state index contributed by atoms with van der Waals surface area (Å²) in [6.07, 6.45) is 0. The molecule has 0 fully saturated rings. The summed E-state index contributed by atoms with van der Waals surface area (Å²) in [5.74, 6) is 0. The molecule has 0 atom stereocenters. The van der Waals surface area contributed by atoms with Gasteiger partial charge in [0.05, 0.1) is 13.2 Å². The first-order valence-corrected chi connectivity index (χ1v) is 1.51.